The van der Waals surface area contributed by atoms with Crippen molar-refractivity contribution in [2.24, 2.45) is 5.92 Å². The van der Waals surface area contributed by atoms with Gasteiger partial charge in [0, 0.05) is 5.92 Å². The normalized spacial score (nSPS) is 18.6. The molecule has 0 amide bonds. The fraction of sp³-hybridized carbons (Fsp3) is 0.400. The van der Waals surface area contributed by atoms with Gasteiger partial charge in [0.15, 0.2) is 5.92 Å². The second-order valence-corrected chi connectivity index (χ2v) is 5.86. The van der Waals surface area contributed by atoms with E-state index in [1.54, 1.807) is 38.1 Å². The van der Waals surface area contributed by atoms with Crippen LogP contribution in [0.1, 0.15) is 25.3 Å². The number of hydrogen-bond acceptors (Lipinski definition) is 9. The van der Waals surface area contributed by atoms with Crippen molar-refractivity contribution in [3.8, 4) is 5.75 Å². The summed E-state index contributed by atoms with van der Waals surface area (Å²) in [5, 5.41) is 0. The van der Waals surface area contributed by atoms with E-state index < -0.39 is 41.5 Å². The fourth-order valence-electron chi connectivity index (χ4n) is 2.97. The third-order valence-electron chi connectivity index (χ3n) is 4.23. The highest BCUT2D eigenvalue weighted by Gasteiger charge is 2.50. The zero-order valence-corrected chi connectivity index (χ0v) is 16.6. The molecule has 0 fully saturated rings. The third kappa shape index (κ3) is 4.56. The molecule has 0 spiro atoms. The molecule has 2 unspecified atom stereocenters. The van der Waals surface area contributed by atoms with Crippen molar-refractivity contribution >= 4 is 23.9 Å². The molecular formula is C20H22O9. The topological polar surface area (TPSA) is 114 Å². The lowest BCUT2D eigenvalue weighted by atomic mass is 9.78. The molecule has 1 aliphatic heterocycles. The second-order valence-electron chi connectivity index (χ2n) is 5.86. The molecule has 2 atom stereocenters. The number of rotatable bonds is 7. The minimum absolute atomic E-state index is 0.00457. The molecule has 1 heterocycles. The van der Waals surface area contributed by atoms with Crippen molar-refractivity contribution in [2.45, 2.75) is 19.8 Å². The van der Waals surface area contributed by atoms with E-state index >= 15 is 0 Å². The maximum Gasteiger partial charge on any atom is 0.374 e. The number of ether oxygens (including phenoxy) is 5. The third-order valence-corrected chi connectivity index (χ3v) is 4.23. The molecule has 0 saturated carbocycles. The van der Waals surface area contributed by atoms with Crippen LogP contribution < -0.4 is 4.74 Å². The molecule has 1 aromatic rings. The van der Waals surface area contributed by atoms with Gasteiger partial charge in [0.2, 0.25) is 5.76 Å². The molecule has 0 N–H and O–H groups in total. The SMILES string of the molecule is CCOC(=O)C1=C(C(=O)OCC)C(c2ccc(OC)cc2)C(C(=O)OC)C(=O)O1. The molecule has 1 aliphatic rings. The first-order valence-corrected chi connectivity index (χ1v) is 8.91. The van der Waals surface area contributed by atoms with E-state index in [0.717, 1.165) is 7.11 Å². The van der Waals surface area contributed by atoms with Gasteiger partial charge in [-0.3, -0.25) is 9.59 Å². The van der Waals surface area contributed by atoms with Crippen molar-refractivity contribution in [2.75, 3.05) is 27.4 Å². The number of carbonyl (C=O) groups excluding carboxylic acids is 4. The molecule has 2 rings (SSSR count). The van der Waals surface area contributed by atoms with Gasteiger partial charge in [0.25, 0.3) is 0 Å². The molecule has 0 aliphatic carbocycles. The number of esters is 4. The highest BCUT2D eigenvalue weighted by Crippen LogP contribution is 2.41. The van der Waals surface area contributed by atoms with Crippen molar-refractivity contribution < 1.29 is 42.9 Å². The second kappa shape index (κ2) is 9.72. The lowest BCUT2D eigenvalue weighted by Crippen LogP contribution is -2.41. The Bertz CT molecular complexity index is 823. The summed E-state index contributed by atoms with van der Waals surface area (Å²) in [6.07, 6.45) is 0. The van der Waals surface area contributed by atoms with Gasteiger partial charge in [-0.1, -0.05) is 12.1 Å². The van der Waals surface area contributed by atoms with Crippen molar-refractivity contribution in [3.05, 3.63) is 41.2 Å². The van der Waals surface area contributed by atoms with Crippen LogP contribution in [-0.2, 0) is 38.1 Å². The quantitative estimate of drug-likeness (QED) is 0.377. The number of carbonyl (C=O) groups is 4. The van der Waals surface area contributed by atoms with Gasteiger partial charge >= 0.3 is 23.9 Å². The van der Waals surface area contributed by atoms with Crippen LogP contribution in [0.5, 0.6) is 5.75 Å². The lowest BCUT2D eigenvalue weighted by Gasteiger charge is -2.31. The molecule has 0 bridgehead atoms. The van der Waals surface area contributed by atoms with Gasteiger partial charge in [-0.15, -0.1) is 0 Å². The largest absolute Gasteiger partial charge is 0.497 e. The first-order valence-electron chi connectivity index (χ1n) is 8.91. The molecule has 156 valence electrons. The van der Waals surface area contributed by atoms with Crippen LogP contribution >= 0.6 is 0 Å². The van der Waals surface area contributed by atoms with Crippen LogP contribution in [0, 0.1) is 5.92 Å². The predicted octanol–water partition coefficient (Wildman–Crippen LogP) is 1.51. The first kappa shape index (κ1) is 21.9. The Kier molecular flexibility index (Phi) is 7.35. The van der Waals surface area contributed by atoms with E-state index in [1.165, 1.54) is 7.11 Å². The molecule has 29 heavy (non-hydrogen) atoms. The van der Waals surface area contributed by atoms with E-state index in [4.69, 9.17) is 23.7 Å². The van der Waals surface area contributed by atoms with Gasteiger partial charge in [-0.25, -0.2) is 9.59 Å². The van der Waals surface area contributed by atoms with E-state index in [2.05, 4.69) is 0 Å². The van der Waals surface area contributed by atoms with Crippen LogP contribution in [0.4, 0.5) is 0 Å². The smallest absolute Gasteiger partial charge is 0.374 e. The van der Waals surface area contributed by atoms with E-state index in [-0.39, 0.29) is 18.8 Å². The Morgan fingerprint density at radius 3 is 2.07 bits per heavy atom. The zero-order chi connectivity index (χ0) is 21.6. The van der Waals surface area contributed by atoms with Crippen LogP contribution in [-0.4, -0.2) is 51.3 Å². The Balaban J connectivity index is 2.73. The first-order chi connectivity index (χ1) is 13.9. The highest BCUT2D eigenvalue weighted by molar-refractivity contribution is 6.08. The standard InChI is InChI=1S/C20H22O9/c1-5-27-18(22)14-13(11-7-9-12(25-3)10-8-11)15(17(21)26-4)19(23)29-16(14)20(24)28-6-2/h7-10,13,15H,5-6H2,1-4H3. The molecule has 1 aromatic carbocycles. The van der Waals surface area contributed by atoms with Gasteiger partial charge in [-0.2, -0.15) is 0 Å². The van der Waals surface area contributed by atoms with E-state index in [9.17, 15) is 19.2 Å². The molecular weight excluding hydrogens is 384 g/mol. The number of cyclic esters (lactones) is 1. The monoisotopic (exact) mass is 406 g/mol. The Hall–Kier alpha value is -3.36. The van der Waals surface area contributed by atoms with Crippen LogP contribution in [0.25, 0.3) is 0 Å². The Labute approximate surface area is 167 Å². The van der Waals surface area contributed by atoms with Crippen molar-refractivity contribution in [3.63, 3.8) is 0 Å². The van der Waals surface area contributed by atoms with Crippen molar-refractivity contribution in [1.82, 2.24) is 0 Å². The molecule has 0 radical (unpaired) electrons. The summed E-state index contributed by atoms with van der Waals surface area (Å²) >= 11 is 0. The zero-order valence-electron chi connectivity index (χ0n) is 16.6. The molecule has 0 saturated heterocycles. The highest BCUT2D eigenvalue weighted by atomic mass is 16.6. The summed E-state index contributed by atoms with van der Waals surface area (Å²) in [6, 6.07) is 6.33. The van der Waals surface area contributed by atoms with E-state index in [0.29, 0.717) is 11.3 Å². The molecule has 9 nitrogen and oxygen atoms in total. The fourth-order valence-corrected chi connectivity index (χ4v) is 2.97. The summed E-state index contributed by atoms with van der Waals surface area (Å²) in [6.45, 7) is 3.14. The summed E-state index contributed by atoms with van der Waals surface area (Å²) in [5.41, 5.74) is 0.105. The average molecular weight is 406 g/mol. The minimum Gasteiger partial charge on any atom is -0.497 e. The summed E-state index contributed by atoms with van der Waals surface area (Å²) < 4.78 is 24.9. The van der Waals surface area contributed by atoms with Gasteiger partial charge in [0.1, 0.15) is 5.75 Å². The van der Waals surface area contributed by atoms with Crippen LogP contribution in [0.2, 0.25) is 0 Å². The number of hydrogen-bond donors (Lipinski definition) is 0. The number of methoxy groups -OCH3 is 2. The Morgan fingerprint density at radius 2 is 1.55 bits per heavy atom. The minimum atomic E-state index is -1.51. The van der Waals surface area contributed by atoms with Crippen molar-refractivity contribution in [1.29, 1.82) is 0 Å². The number of benzene rings is 1. The maximum absolute atomic E-state index is 12.7. The summed E-state index contributed by atoms with van der Waals surface area (Å²) in [4.78, 5) is 50.1. The summed E-state index contributed by atoms with van der Waals surface area (Å²) in [7, 11) is 2.59. The Morgan fingerprint density at radius 1 is 0.966 bits per heavy atom. The summed E-state index contributed by atoms with van der Waals surface area (Å²) in [5.74, 6) is -6.62. The van der Waals surface area contributed by atoms with Crippen LogP contribution in [0.3, 0.4) is 0 Å². The van der Waals surface area contributed by atoms with Crippen LogP contribution in [0.15, 0.2) is 35.6 Å². The van der Waals surface area contributed by atoms with Gasteiger partial charge in [0.05, 0.1) is 33.0 Å². The average Bonchev–Trinajstić information content (AvgIpc) is 2.72. The van der Waals surface area contributed by atoms with Gasteiger partial charge < -0.3 is 23.7 Å². The molecule has 9 heteroatoms. The lowest BCUT2D eigenvalue weighted by molar-refractivity contribution is -0.165. The van der Waals surface area contributed by atoms with E-state index in [1.807, 2.05) is 0 Å². The predicted molar refractivity (Wildman–Crippen MR) is 97.6 cm³/mol. The maximum atomic E-state index is 12.7. The molecule has 0 aromatic heterocycles. The van der Waals surface area contributed by atoms with Gasteiger partial charge in [-0.05, 0) is 31.5 Å².